The van der Waals surface area contributed by atoms with Crippen LogP contribution in [-0.2, 0) is 7.05 Å². The fraction of sp³-hybridized carbons (Fsp3) is 0.400. The third kappa shape index (κ3) is 2.92. The van der Waals surface area contributed by atoms with Gasteiger partial charge in [-0.05, 0) is 25.5 Å². The zero-order chi connectivity index (χ0) is 17.3. The molecule has 3 rings (SSSR count). The second-order valence-corrected chi connectivity index (χ2v) is 5.76. The van der Waals surface area contributed by atoms with Crippen molar-refractivity contribution in [3.05, 3.63) is 45.9 Å². The van der Waals surface area contributed by atoms with Gasteiger partial charge in [0.2, 0.25) is 5.82 Å². The number of nitro groups is 1. The van der Waals surface area contributed by atoms with Crippen molar-refractivity contribution in [2.45, 2.75) is 19.4 Å². The summed E-state index contributed by atoms with van der Waals surface area (Å²) in [5.74, 6) is 0.241. The van der Waals surface area contributed by atoms with E-state index in [4.69, 9.17) is 0 Å². The lowest BCUT2D eigenvalue weighted by atomic mass is 10.2. The van der Waals surface area contributed by atoms with Gasteiger partial charge in [-0.25, -0.2) is 4.68 Å². The number of nitrogens with zero attached hydrogens (tertiary/aromatic N) is 5. The van der Waals surface area contributed by atoms with Gasteiger partial charge >= 0.3 is 5.69 Å². The third-order valence-electron chi connectivity index (χ3n) is 4.07. The number of hydrogen-bond acceptors (Lipinski definition) is 6. The van der Waals surface area contributed by atoms with Crippen LogP contribution in [0, 0.1) is 17.0 Å². The number of rotatable bonds is 4. The molecule has 2 aromatic rings. The molecular formula is C15H18N6O3. The van der Waals surface area contributed by atoms with Crippen molar-refractivity contribution in [2.24, 2.45) is 7.05 Å². The fourth-order valence-electron chi connectivity index (χ4n) is 2.93. The second kappa shape index (κ2) is 6.26. The molecule has 9 nitrogen and oxygen atoms in total. The van der Waals surface area contributed by atoms with Crippen LogP contribution in [0.5, 0.6) is 0 Å². The van der Waals surface area contributed by atoms with Crippen LogP contribution >= 0.6 is 0 Å². The summed E-state index contributed by atoms with van der Waals surface area (Å²) in [6, 6.07) is 5.15. The first-order chi connectivity index (χ1) is 11.5. The number of pyridine rings is 1. The lowest BCUT2D eigenvalue weighted by Gasteiger charge is -2.17. The van der Waals surface area contributed by atoms with Gasteiger partial charge in [0.15, 0.2) is 0 Å². The minimum Gasteiger partial charge on any atom is -0.360 e. The molecule has 3 heterocycles. The molecule has 1 amide bonds. The van der Waals surface area contributed by atoms with Gasteiger partial charge in [0, 0.05) is 32.4 Å². The lowest BCUT2D eigenvalue weighted by Crippen LogP contribution is -2.32. The number of aromatic nitrogens is 3. The van der Waals surface area contributed by atoms with Gasteiger partial charge in [0.1, 0.15) is 11.4 Å². The molecule has 0 radical (unpaired) electrons. The van der Waals surface area contributed by atoms with Crippen molar-refractivity contribution in [3.8, 4) is 0 Å². The molecule has 2 aromatic heterocycles. The van der Waals surface area contributed by atoms with Crippen molar-refractivity contribution < 1.29 is 9.72 Å². The number of hydrogen-bond donors (Lipinski definition) is 1. The van der Waals surface area contributed by atoms with Gasteiger partial charge in [-0.15, -0.1) is 0 Å². The molecule has 1 unspecified atom stereocenters. The van der Waals surface area contributed by atoms with E-state index in [1.54, 1.807) is 43.3 Å². The Labute approximate surface area is 138 Å². The number of carbonyl (C=O) groups is 1. The molecule has 1 aliphatic heterocycles. The van der Waals surface area contributed by atoms with E-state index >= 15 is 0 Å². The van der Waals surface area contributed by atoms with Gasteiger partial charge in [0.25, 0.3) is 5.91 Å². The van der Waals surface area contributed by atoms with Crippen LogP contribution in [-0.4, -0.2) is 49.6 Å². The Balaban J connectivity index is 1.71. The van der Waals surface area contributed by atoms with Gasteiger partial charge in [-0.3, -0.25) is 19.9 Å². The summed E-state index contributed by atoms with van der Waals surface area (Å²) in [5, 5.41) is 18.5. The van der Waals surface area contributed by atoms with Crippen LogP contribution in [0.2, 0.25) is 0 Å². The predicted octanol–water partition coefficient (Wildman–Crippen LogP) is 1.36. The first-order valence-corrected chi connectivity index (χ1v) is 7.62. The van der Waals surface area contributed by atoms with Gasteiger partial charge < -0.3 is 10.2 Å². The first kappa shape index (κ1) is 15.9. The summed E-state index contributed by atoms with van der Waals surface area (Å²) < 4.78 is 1.47. The summed E-state index contributed by atoms with van der Waals surface area (Å²) >= 11 is 0. The van der Waals surface area contributed by atoms with Gasteiger partial charge in [-0.1, -0.05) is 6.07 Å². The molecule has 0 spiro atoms. The number of nitrogens with one attached hydrogen (secondary N) is 1. The SMILES string of the molecule is Cc1nn(C)c(NC2CCN(C(=O)c3ccccn3)C2)c1[N+](=O)[O-]. The monoisotopic (exact) mass is 330 g/mol. The molecule has 0 aliphatic carbocycles. The first-order valence-electron chi connectivity index (χ1n) is 7.62. The summed E-state index contributed by atoms with van der Waals surface area (Å²) in [6.07, 6.45) is 2.29. The van der Waals surface area contributed by atoms with Gasteiger partial charge in [-0.2, -0.15) is 5.10 Å². The maximum atomic E-state index is 12.4. The fourth-order valence-corrected chi connectivity index (χ4v) is 2.93. The van der Waals surface area contributed by atoms with E-state index < -0.39 is 4.92 Å². The topological polar surface area (TPSA) is 106 Å². The highest BCUT2D eigenvalue weighted by molar-refractivity contribution is 5.92. The summed E-state index contributed by atoms with van der Waals surface area (Å²) in [4.78, 5) is 29.0. The molecule has 126 valence electrons. The molecule has 0 aromatic carbocycles. The van der Waals surface area contributed by atoms with Crippen LogP contribution in [0.4, 0.5) is 11.5 Å². The summed E-state index contributed by atoms with van der Waals surface area (Å²) in [6.45, 7) is 2.66. The Morgan fingerprint density at radius 2 is 2.25 bits per heavy atom. The normalized spacial score (nSPS) is 17.1. The van der Waals surface area contributed by atoms with Crippen molar-refractivity contribution in [2.75, 3.05) is 18.4 Å². The molecular weight excluding hydrogens is 312 g/mol. The average Bonchev–Trinajstić information content (AvgIpc) is 3.12. The van der Waals surface area contributed by atoms with Crippen molar-refractivity contribution >= 4 is 17.4 Å². The number of likely N-dealkylation sites (tertiary alicyclic amines) is 1. The van der Waals surface area contributed by atoms with E-state index in [-0.39, 0.29) is 17.6 Å². The Kier molecular flexibility index (Phi) is 4.15. The molecule has 1 atom stereocenters. The van der Waals surface area contributed by atoms with E-state index in [0.29, 0.717) is 36.7 Å². The van der Waals surface area contributed by atoms with E-state index in [1.807, 2.05) is 0 Å². The Bertz CT molecular complexity index is 773. The highest BCUT2D eigenvalue weighted by Crippen LogP contribution is 2.29. The van der Waals surface area contributed by atoms with Crippen LogP contribution in [0.3, 0.4) is 0 Å². The molecule has 9 heteroatoms. The number of amides is 1. The number of aryl methyl sites for hydroxylation is 2. The molecule has 1 N–H and O–H groups in total. The molecule has 0 bridgehead atoms. The quantitative estimate of drug-likeness (QED) is 0.670. The van der Waals surface area contributed by atoms with Crippen LogP contribution in [0.15, 0.2) is 24.4 Å². The van der Waals surface area contributed by atoms with E-state index in [1.165, 1.54) is 4.68 Å². The van der Waals surface area contributed by atoms with Crippen LogP contribution in [0.25, 0.3) is 0 Å². The van der Waals surface area contributed by atoms with Crippen molar-refractivity contribution in [3.63, 3.8) is 0 Å². The second-order valence-electron chi connectivity index (χ2n) is 5.76. The standard InChI is InChI=1S/C15H18N6O3/c1-10-13(21(23)24)14(19(2)18-10)17-11-6-8-20(9-11)15(22)12-5-3-4-7-16-12/h3-5,7,11,17H,6,8-9H2,1-2H3. The number of carbonyl (C=O) groups excluding carboxylic acids is 1. The molecule has 1 saturated heterocycles. The maximum absolute atomic E-state index is 12.4. The van der Waals surface area contributed by atoms with Crippen molar-refractivity contribution in [1.82, 2.24) is 19.7 Å². The Morgan fingerprint density at radius 1 is 1.46 bits per heavy atom. The third-order valence-corrected chi connectivity index (χ3v) is 4.07. The van der Waals surface area contributed by atoms with Crippen LogP contribution < -0.4 is 5.32 Å². The minimum absolute atomic E-state index is 0.0213. The molecule has 1 fully saturated rings. The minimum atomic E-state index is -0.434. The Morgan fingerprint density at radius 3 is 2.92 bits per heavy atom. The molecule has 24 heavy (non-hydrogen) atoms. The zero-order valence-electron chi connectivity index (χ0n) is 13.5. The van der Waals surface area contributed by atoms with Gasteiger partial charge in [0.05, 0.1) is 4.92 Å². The highest BCUT2D eigenvalue weighted by Gasteiger charge is 2.31. The lowest BCUT2D eigenvalue weighted by molar-refractivity contribution is -0.384. The largest absolute Gasteiger partial charge is 0.360 e. The van der Waals surface area contributed by atoms with E-state index in [2.05, 4.69) is 15.4 Å². The summed E-state index contributed by atoms with van der Waals surface area (Å²) in [5.41, 5.74) is 0.747. The van der Waals surface area contributed by atoms with E-state index in [0.717, 1.165) is 0 Å². The smallest absolute Gasteiger partial charge is 0.333 e. The molecule has 0 saturated carbocycles. The zero-order valence-corrected chi connectivity index (χ0v) is 13.5. The number of anilines is 1. The maximum Gasteiger partial charge on any atom is 0.333 e. The van der Waals surface area contributed by atoms with Crippen LogP contribution in [0.1, 0.15) is 22.6 Å². The summed E-state index contributed by atoms with van der Waals surface area (Å²) in [7, 11) is 1.66. The Hall–Kier alpha value is -2.97. The van der Waals surface area contributed by atoms with E-state index in [9.17, 15) is 14.9 Å². The highest BCUT2D eigenvalue weighted by atomic mass is 16.6. The molecule has 1 aliphatic rings. The average molecular weight is 330 g/mol. The van der Waals surface area contributed by atoms with Crippen molar-refractivity contribution in [1.29, 1.82) is 0 Å². The predicted molar refractivity (Wildman–Crippen MR) is 86.8 cm³/mol.